The fourth-order valence-corrected chi connectivity index (χ4v) is 3.91. The molecule has 0 radical (unpaired) electrons. The Morgan fingerprint density at radius 1 is 1.26 bits per heavy atom. The van der Waals surface area contributed by atoms with Crippen LogP contribution in [-0.4, -0.2) is 59.6 Å². The van der Waals surface area contributed by atoms with Crippen LogP contribution in [0.4, 0.5) is 0 Å². The summed E-state index contributed by atoms with van der Waals surface area (Å²) in [5.74, 6) is 0.311. The number of aryl methyl sites for hydroxylation is 1. The van der Waals surface area contributed by atoms with Crippen LogP contribution in [-0.2, 0) is 10.2 Å². The zero-order valence-corrected chi connectivity index (χ0v) is 14.3. The molecule has 23 heavy (non-hydrogen) atoms. The monoisotopic (exact) mass is 316 g/mol. The van der Waals surface area contributed by atoms with Gasteiger partial charge >= 0.3 is 0 Å². The standard InChI is InChI=1S/C19H28N2O2/c1-15-5-3-6-17(13-15)19(7-4-8-19)18(23)21-11-9-20(10-12-21)14-16(2)22/h3,5-6,13,16,22H,4,7-12,14H2,1-2H3. The lowest BCUT2D eigenvalue weighted by molar-refractivity contribution is -0.142. The van der Waals surface area contributed by atoms with Gasteiger partial charge in [0.05, 0.1) is 11.5 Å². The van der Waals surface area contributed by atoms with Crippen molar-refractivity contribution in [2.45, 2.75) is 44.6 Å². The average Bonchev–Trinajstić information content (AvgIpc) is 2.46. The Kier molecular flexibility index (Phi) is 4.74. The van der Waals surface area contributed by atoms with Crippen molar-refractivity contribution >= 4 is 5.91 Å². The average molecular weight is 316 g/mol. The minimum atomic E-state index is -0.303. The second-order valence-electron chi connectivity index (χ2n) is 7.25. The number of aliphatic hydroxyl groups is 1. The van der Waals surface area contributed by atoms with Crippen molar-refractivity contribution < 1.29 is 9.90 Å². The molecular formula is C19H28N2O2. The third kappa shape index (κ3) is 3.29. The number of benzene rings is 1. The largest absolute Gasteiger partial charge is 0.392 e. The second-order valence-corrected chi connectivity index (χ2v) is 7.25. The highest BCUT2D eigenvalue weighted by molar-refractivity contribution is 5.89. The third-order valence-electron chi connectivity index (χ3n) is 5.37. The zero-order chi connectivity index (χ0) is 16.4. The number of piperazine rings is 1. The predicted molar refractivity (Wildman–Crippen MR) is 91.4 cm³/mol. The van der Waals surface area contributed by atoms with Crippen LogP contribution in [0, 0.1) is 6.92 Å². The first-order valence-electron chi connectivity index (χ1n) is 8.78. The van der Waals surface area contributed by atoms with Gasteiger partial charge in [-0.1, -0.05) is 36.2 Å². The van der Waals surface area contributed by atoms with Crippen molar-refractivity contribution in [3.63, 3.8) is 0 Å². The molecule has 1 saturated carbocycles. The van der Waals surface area contributed by atoms with Gasteiger partial charge in [-0.15, -0.1) is 0 Å². The Hall–Kier alpha value is -1.39. The molecule has 1 N–H and O–H groups in total. The quantitative estimate of drug-likeness (QED) is 0.923. The van der Waals surface area contributed by atoms with E-state index in [4.69, 9.17) is 0 Å². The van der Waals surface area contributed by atoms with E-state index in [-0.39, 0.29) is 11.5 Å². The van der Waals surface area contributed by atoms with Gasteiger partial charge in [0.15, 0.2) is 0 Å². The Labute approximate surface area is 139 Å². The minimum absolute atomic E-state index is 0.279. The fourth-order valence-electron chi connectivity index (χ4n) is 3.91. The molecular weight excluding hydrogens is 288 g/mol. The maximum absolute atomic E-state index is 13.2. The Bertz CT molecular complexity index is 558. The normalized spacial score (nSPS) is 22.5. The Balaban J connectivity index is 1.70. The summed E-state index contributed by atoms with van der Waals surface area (Å²) < 4.78 is 0. The fraction of sp³-hybridized carbons (Fsp3) is 0.632. The summed E-state index contributed by atoms with van der Waals surface area (Å²) in [5, 5.41) is 9.51. The molecule has 0 aromatic heterocycles. The smallest absolute Gasteiger partial charge is 0.233 e. The lowest BCUT2D eigenvalue weighted by Gasteiger charge is -2.46. The highest BCUT2D eigenvalue weighted by Crippen LogP contribution is 2.45. The molecule has 1 unspecified atom stereocenters. The van der Waals surface area contributed by atoms with Crippen LogP contribution in [0.25, 0.3) is 0 Å². The zero-order valence-electron chi connectivity index (χ0n) is 14.3. The van der Waals surface area contributed by atoms with Crippen LogP contribution in [0.1, 0.15) is 37.3 Å². The number of carbonyl (C=O) groups excluding carboxylic acids is 1. The van der Waals surface area contributed by atoms with E-state index in [0.29, 0.717) is 12.5 Å². The van der Waals surface area contributed by atoms with Crippen molar-refractivity contribution in [3.8, 4) is 0 Å². The van der Waals surface area contributed by atoms with E-state index in [0.717, 1.165) is 45.4 Å². The van der Waals surface area contributed by atoms with Crippen molar-refractivity contribution in [2.24, 2.45) is 0 Å². The molecule has 1 heterocycles. The van der Waals surface area contributed by atoms with Gasteiger partial charge < -0.3 is 10.0 Å². The molecule has 1 aromatic carbocycles. The summed E-state index contributed by atoms with van der Waals surface area (Å²) in [4.78, 5) is 17.5. The molecule has 1 aromatic rings. The number of β-amino-alcohol motifs (C(OH)–C–C–N with tert-alkyl or cyclic N) is 1. The van der Waals surface area contributed by atoms with E-state index in [9.17, 15) is 9.90 Å². The van der Waals surface area contributed by atoms with Gasteiger partial charge in [-0.3, -0.25) is 9.69 Å². The molecule has 4 nitrogen and oxygen atoms in total. The molecule has 2 aliphatic rings. The highest BCUT2D eigenvalue weighted by atomic mass is 16.3. The van der Waals surface area contributed by atoms with Gasteiger partial charge in [0.1, 0.15) is 0 Å². The lowest BCUT2D eigenvalue weighted by Crippen LogP contribution is -2.57. The molecule has 0 bridgehead atoms. The third-order valence-corrected chi connectivity index (χ3v) is 5.37. The molecule has 1 saturated heterocycles. The van der Waals surface area contributed by atoms with Crippen LogP contribution in [0.2, 0.25) is 0 Å². The predicted octanol–water partition coefficient (Wildman–Crippen LogP) is 1.94. The molecule has 3 rings (SSSR count). The summed E-state index contributed by atoms with van der Waals surface area (Å²) in [6, 6.07) is 8.46. The van der Waals surface area contributed by atoms with E-state index in [2.05, 4.69) is 36.1 Å². The van der Waals surface area contributed by atoms with Crippen molar-refractivity contribution in [1.29, 1.82) is 0 Å². The van der Waals surface area contributed by atoms with Gasteiger partial charge in [0.25, 0.3) is 0 Å². The first-order chi connectivity index (χ1) is 11.0. The van der Waals surface area contributed by atoms with Crippen LogP contribution in [0.3, 0.4) is 0 Å². The summed E-state index contributed by atoms with van der Waals surface area (Å²) in [6.45, 7) is 7.89. The highest BCUT2D eigenvalue weighted by Gasteiger charge is 2.47. The first-order valence-corrected chi connectivity index (χ1v) is 8.78. The van der Waals surface area contributed by atoms with E-state index >= 15 is 0 Å². The second kappa shape index (κ2) is 6.62. The van der Waals surface area contributed by atoms with Gasteiger partial charge in [-0.05, 0) is 32.3 Å². The van der Waals surface area contributed by atoms with E-state index in [1.165, 1.54) is 11.1 Å². The number of hydrogen-bond acceptors (Lipinski definition) is 3. The Morgan fingerprint density at radius 2 is 1.96 bits per heavy atom. The Morgan fingerprint density at radius 3 is 2.48 bits per heavy atom. The lowest BCUT2D eigenvalue weighted by atomic mass is 9.63. The summed E-state index contributed by atoms with van der Waals surface area (Å²) >= 11 is 0. The molecule has 1 aliphatic heterocycles. The first kappa shape index (κ1) is 16.5. The number of carbonyl (C=O) groups is 1. The van der Waals surface area contributed by atoms with Crippen LogP contribution in [0.5, 0.6) is 0 Å². The summed E-state index contributed by atoms with van der Waals surface area (Å²) in [6.07, 6.45) is 2.79. The summed E-state index contributed by atoms with van der Waals surface area (Å²) in [5.41, 5.74) is 2.14. The van der Waals surface area contributed by atoms with E-state index < -0.39 is 0 Å². The van der Waals surface area contributed by atoms with Crippen molar-refractivity contribution in [3.05, 3.63) is 35.4 Å². The van der Waals surface area contributed by atoms with Crippen molar-refractivity contribution in [2.75, 3.05) is 32.7 Å². The molecule has 2 fully saturated rings. The minimum Gasteiger partial charge on any atom is -0.392 e. The SMILES string of the molecule is Cc1cccc(C2(C(=O)N3CCN(CC(C)O)CC3)CCC2)c1. The number of hydrogen-bond donors (Lipinski definition) is 1. The molecule has 1 amide bonds. The van der Waals surface area contributed by atoms with Gasteiger partial charge in [0, 0.05) is 32.7 Å². The number of nitrogens with zero attached hydrogens (tertiary/aromatic N) is 2. The van der Waals surface area contributed by atoms with Gasteiger partial charge in [0.2, 0.25) is 5.91 Å². The van der Waals surface area contributed by atoms with Crippen LogP contribution < -0.4 is 0 Å². The molecule has 0 spiro atoms. The maximum atomic E-state index is 13.2. The molecule has 1 aliphatic carbocycles. The number of rotatable bonds is 4. The van der Waals surface area contributed by atoms with Crippen LogP contribution >= 0.6 is 0 Å². The van der Waals surface area contributed by atoms with E-state index in [1.807, 2.05) is 11.8 Å². The molecule has 1 atom stereocenters. The van der Waals surface area contributed by atoms with E-state index in [1.54, 1.807) is 0 Å². The van der Waals surface area contributed by atoms with Gasteiger partial charge in [-0.25, -0.2) is 0 Å². The topological polar surface area (TPSA) is 43.8 Å². The summed E-state index contributed by atoms with van der Waals surface area (Å²) in [7, 11) is 0. The number of aliphatic hydroxyl groups excluding tert-OH is 1. The maximum Gasteiger partial charge on any atom is 0.233 e. The number of amides is 1. The molecule has 126 valence electrons. The molecule has 4 heteroatoms. The van der Waals surface area contributed by atoms with Crippen LogP contribution in [0.15, 0.2) is 24.3 Å². The van der Waals surface area contributed by atoms with Crippen molar-refractivity contribution in [1.82, 2.24) is 9.80 Å². The van der Waals surface area contributed by atoms with Gasteiger partial charge in [-0.2, -0.15) is 0 Å².